The van der Waals surface area contributed by atoms with Crippen molar-refractivity contribution in [1.82, 2.24) is 5.32 Å². The molecule has 2 aromatic rings. The summed E-state index contributed by atoms with van der Waals surface area (Å²) in [5.41, 5.74) is 1.27. The Balaban J connectivity index is 2.15. The molecule has 25 heavy (non-hydrogen) atoms. The smallest absolute Gasteiger partial charge is 0.258 e. The molecule has 0 aliphatic carbocycles. The molecular weight excluding hydrogens is 318 g/mol. The normalized spacial score (nSPS) is 10.9. The van der Waals surface area contributed by atoms with Crippen molar-refractivity contribution < 1.29 is 19.0 Å². The Morgan fingerprint density at radius 1 is 0.920 bits per heavy atom. The molecule has 0 bridgehead atoms. The Labute approximate surface area is 148 Å². The summed E-state index contributed by atoms with van der Waals surface area (Å²) in [5.74, 6) is 1.55. The topological polar surface area (TPSA) is 56.8 Å². The third-order valence-corrected chi connectivity index (χ3v) is 4.22. The van der Waals surface area contributed by atoms with Gasteiger partial charge in [-0.1, -0.05) is 32.0 Å². The predicted octanol–water partition coefficient (Wildman–Crippen LogP) is 3.42. The lowest BCUT2D eigenvalue weighted by Gasteiger charge is -2.26. The Kier molecular flexibility index (Phi) is 5.91. The van der Waals surface area contributed by atoms with Crippen LogP contribution in [0.15, 0.2) is 42.5 Å². The second kappa shape index (κ2) is 7.92. The third-order valence-electron chi connectivity index (χ3n) is 4.22. The van der Waals surface area contributed by atoms with Crippen molar-refractivity contribution in [3.05, 3.63) is 53.6 Å². The molecule has 0 radical (unpaired) electrons. The molecule has 0 fully saturated rings. The van der Waals surface area contributed by atoms with Crippen molar-refractivity contribution in [3.63, 3.8) is 0 Å². The molecule has 1 N–H and O–H groups in total. The number of hydrogen-bond acceptors (Lipinski definition) is 4. The average Bonchev–Trinajstić information content (AvgIpc) is 2.65. The monoisotopic (exact) mass is 343 g/mol. The molecule has 0 unspecified atom stereocenters. The number of nitrogens with one attached hydrogen (secondary N) is 1. The van der Waals surface area contributed by atoms with E-state index >= 15 is 0 Å². The lowest BCUT2D eigenvalue weighted by molar-refractivity contribution is 0.0939. The second-order valence-electron chi connectivity index (χ2n) is 6.33. The zero-order chi connectivity index (χ0) is 18.4. The minimum atomic E-state index is -0.239. The van der Waals surface area contributed by atoms with Crippen molar-refractivity contribution in [2.24, 2.45) is 0 Å². The van der Waals surface area contributed by atoms with E-state index < -0.39 is 0 Å². The predicted molar refractivity (Wildman–Crippen MR) is 97.9 cm³/mol. The largest absolute Gasteiger partial charge is 0.497 e. The summed E-state index contributed by atoms with van der Waals surface area (Å²) in [5, 5.41) is 2.99. The zero-order valence-corrected chi connectivity index (χ0v) is 15.4. The highest BCUT2D eigenvalue weighted by Gasteiger charge is 2.24. The molecule has 0 aliphatic rings. The van der Waals surface area contributed by atoms with E-state index in [2.05, 4.69) is 19.2 Å². The lowest BCUT2D eigenvalue weighted by Crippen LogP contribution is -2.37. The van der Waals surface area contributed by atoms with Crippen LogP contribution < -0.4 is 19.5 Å². The fraction of sp³-hybridized carbons (Fsp3) is 0.350. The molecular formula is C20H25NO4. The summed E-state index contributed by atoms with van der Waals surface area (Å²) in [4.78, 5) is 12.7. The van der Waals surface area contributed by atoms with Gasteiger partial charge in [0.1, 0.15) is 22.8 Å². The minimum Gasteiger partial charge on any atom is -0.497 e. The number of hydrogen-bond donors (Lipinski definition) is 1. The first-order valence-corrected chi connectivity index (χ1v) is 8.06. The molecule has 2 aromatic carbocycles. The first kappa shape index (κ1) is 18.6. The van der Waals surface area contributed by atoms with Crippen LogP contribution in [0.2, 0.25) is 0 Å². The maximum atomic E-state index is 12.7. The van der Waals surface area contributed by atoms with Crippen LogP contribution in [-0.4, -0.2) is 33.8 Å². The number of ether oxygens (including phenoxy) is 3. The van der Waals surface area contributed by atoms with Crippen molar-refractivity contribution in [2.45, 2.75) is 19.3 Å². The summed E-state index contributed by atoms with van der Waals surface area (Å²) in [6, 6.07) is 13.1. The van der Waals surface area contributed by atoms with E-state index in [1.807, 2.05) is 24.3 Å². The molecule has 0 saturated heterocycles. The van der Waals surface area contributed by atoms with Crippen LogP contribution in [0.5, 0.6) is 17.2 Å². The second-order valence-corrected chi connectivity index (χ2v) is 6.33. The van der Waals surface area contributed by atoms with Crippen LogP contribution >= 0.6 is 0 Å². The van der Waals surface area contributed by atoms with E-state index in [-0.39, 0.29) is 11.3 Å². The van der Waals surface area contributed by atoms with Gasteiger partial charge in [-0.05, 0) is 29.8 Å². The van der Waals surface area contributed by atoms with E-state index in [9.17, 15) is 4.79 Å². The summed E-state index contributed by atoms with van der Waals surface area (Å²) in [7, 11) is 4.71. The van der Waals surface area contributed by atoms with Crippen molar-refractivity contribution in [2.75, 3.05) is 27.9 Å². The molecule has 0 aromatic heterocycles. The van der Waals surface area contributed by atoms with Gasteiger partial charge >= 0.3 is 0 Å². The van der Waals surface area contributed by atoms with E-state index in [1.54, 1.807) is 25.3 Å². The van der Waals surface area contributed by atoms with Gasteiger partial charge in [0.2, 0.25) is 0 Å². The summed E-state index contributed by atoms with van der Waals surface area (Å²) < 4.78 is 15.8. The van der Waals surface area contributed by atoms with Crippen LogP contribution in [0.1, 0.15) is 29.8 Å². The highest BCUT2D eigenvalue weighted by molar-refractivity contribution is 5.99. The Morgan fingerprint density at radius 3 is 1.96 bits per heavy atom. The Hall–Kier alpha value is -2.69. The van der Waals surface area contributed by atoms with E-state index in [4.69, 9.17) is 14.2 Å². The molecule has 1 amide bonds. The highest BCUT2D eigenvalue weighted by Crippen LogP contribution is 2.29. The van der Waals surface area contributed by atoms with Crippen molar-refractivity contribution >= 4 is 5.91 Å². The molecule has 0 heterocycles. The highest BCUT2D eigenvalue weighted by atomic mass is 16.5. The SMILES string of the molecule is COc1ccc(C(C)(C)CNC(=O)c2c(OC)cccc2OC)cc1. The van der Waals surface area contributed by atoms with Gasteiger partial charge in [-0.3, -0.25) is 4.79 Å². The van der Waals surface area contributed by atoms with Gasteiger partial charge in [-0.25, -0.2) is 0 Å². The summed E-state index contributed by atoms with van der Waals surface area (Å²) in [6.45, 7) is 4.63. The van der Waals surface area contributed by atoms with Gasteiger partial charge < -0.3 is 19.5 Å². The molecule has 5 heteroatoms. The van der Waals surface area contributed by atoms with Gasteiger partial charge in [0.05, 0.1) is 21.3 Å². The lowest BCUT2D eigenvalue weighted by atomic mass is 9.84. The summed E-state index contributed by atoms with van der Waals surface area (Å²) >= 11 is 0. The van der Waals surface area contributed by atoms with Gasteiger partial charge in [-0.2, -0.15) is 0 Å². The van der Waals surface area contributed by atoms with Gasteiger partial charge in [-0.15, -0.1) is 0 Å². The first-order valence-electron chi connectivity index (χ1n) is 8.06. The number of carbonyl (C=O) groups is 1. The minimum absolute atomic E-state index is 0.226. The van der Waals surface area contributed by atoms with Crippen LogP contribution in [0.3, 0.4) is 0 Å². The number of benzene rings is 2. The third kappa shape index (κ3) is 4.24. The van der Waals surface area contributed by atoms with E-state index in [0.717, 1.165) is 11.3 Å². The average molecular weight is 343 g/mol. The Bertz CT molecular complexity index is 701. The van der Waals surface area contributed by atoms with Crippen LogP contribution in [-0.2, 0) is 5.41 Å². The van der Waals surface area contributed by atoms with Gasteiger partial charge in [0, 0.05) is 12.0 Å². The van der Waals surface area contributed by atoms with Crippen molar-refractivity contribution in [1.29, 1.82) is 0 Å². The molecule has 134 valence electrons. The van der Waals surface area contributed by atoms with Gasteiger partial charge in [0.25, 0.3) is 5.91 Å². The van der Waals surface area contributed by atoms with Crippen LogP contribution in [0.4, 0.5) is 0 Å². The standard InChI is InChI=1S/C20H25NO4/c1-20(2,14-9-11-15(23-3)12-10-14)13-21-19(22)18-16(24-4)7-6-8-17(18)25-5/h6-12H,13H2,1-5H3,(H,21,22). The maximum Gasteiger partial charge on any atom is 0.258 e. The van der Waals surface area contributed by atoms with Crippen LogP contribution in [0.25, 0.3) is 0 Å². The zero-order valence-electron chi connectivity index (χ0n) is 15.4. The van der Waals surface area contributed by atoms with Crippen LogP contribution in [0, 0.1) is 0 Å². The Morgan fingerprint density at radius 2 is 1.48 bits per heavy atom. The quantitative estimate of drug-likeness (QED) is 0.837. The fourth-order valence-corrected chi connectivity index (χ4v) is 2.61. The molecule has 0 saturated carbocycles. The molecule has 0 atom stereocenters. The molecule has 2 rings (SSSR count). The first-order chi connectivity index (χ1) is 11.9. The fourth-order valence-electron chi connectivity index (χ4n) is 2.61. The van der Waals surface area contributed by atoms with E-state index in [1.165, 1.54) is 14.2 Å². The summed E-state index contributed by atoms with van der Waals surface area (Å²) in [6.07, 6.45) is 0. The number of carbonyl (C=O) groups excluding carboxylic acids is 1. The molecule has 5 nitrogen and oxygen atoms in total. The number of methoxy groups -OCH3 is 3. The molecule has 0 spiro atoms. The van der Waals surface area contributed by atoms with Crippen molar-refractivity contribution in [3.8, 4) is 17.2 Å². The molecule has 0 aliphatic heterocycles. The van der Waals surface area contributed by atoms with E-state index in [0.29, 0.717) is 23.6 Å². The number of amides is 1. The van der Waals surface area contributed by atoms with Gasteiger partial charge in [0.15, 0.2) is 0 Å². The maximum absolute atomic E-state index is 12.7. The number of rotatable bonds is 7.